The van der Waals surface area contributed by atoms with Crippen molar-refractivity contribution in [2.75, 3.05) is 13.7 Å². The fraction of sp³-hybridized carbons (Fsp3) is 0.143. The zero-order chi connectivity index (χ0) is 13.8. The molecule has 0 radical (unpaired) electrons. The Hall–Kier alpha value is -1.88. The van der Waals surface area contributed by atoms with Crippen LogP contribution in [-0.4, -0.2) is 25.5 Å². The normalized spacial score (nSPS) is 10.2. The molecule has 0 heterocycles. The molecule has 4 nitrogen and oxygen atoms in total. The van der Waals surface area contributed by atoms with Crippen LogP contribution in [0.25, 0.3) is 10.8 Å². The predicted molar refractivity (Wildman–Crippen MR) is 76.0 cm³/mol. The van der Waals surface area contributed by atoms with Gasteiger partial charge in [0.1, 0.15) is 6.54 Å². The van der Waals surface area contributed by atoms with Crippen LogP contribution in [0, 0.1) is 0 Å². The number of ether oxygens (including phenoxy) is 1. The smallest absolute Gasteiger partial charge is 0.325 e. The van der Waals surface area contributed by atoms with E-state index in [1.807, 2.05) is 30.3 Å². The molecular weight excluding hydrogens is 310 g/mol. The minimum absolute atomic E-state index is 0.139. The van der Waals surface area contributed by atoms with Gasteiger partial charge in [0.25, 0.3) is 5.91 Å². The predicted octanol–water partition coefficient (Wildman–Crippen LogP) is 2.51. The number of nitrogens with one attached hydrogen (secondary N) is 1. The monoisotopic (exact) mass is 321 g/mol. The molecular formula is C14H12BrNO3. The molecule has 1 N–H and O–H groups in total. The highest BCUT2D eigenvalue weighted by atomic mass is 79.9. The SMILES string of the molecule is COC(=O)CNC(=O)c1ccc(Br)c2ccccc12. The Labute approximate surface area is 118 Å². The first-order valence-electron chi connectivity index (χ1n) is 5.65. The molecule has 5 heteroatoms. The van der Waals surface area contributed by atoms with Crippen LogP contribution in [0.3, 0.4) is 0 Å². The zero-order valence-corrected chi connectivity index (χ0v) is 11.9. The summed E-state index contributed by atoms with van der Waals surface area (Å²) < 4.78 is 5.41. The lowest BCUT2D eigenvalue weighted by Crippen LogP contribution is -2.30. The summed E-state index contributed by atoms with van der Waals surface area (Å²) in [5.41, 5.74) is 0.530. The maximum atomic E-state index is 12.1. The van der Waals surface area contributed by atoms with Gasteiger partial charge < -0.3 is 10.1 Å². The Morgan fingerprint density at radius 1 is 1.16 bits per heavy atom. The number of carbonyl (C=O) groups is 2. The molecule has 0 saturated heterocycles. The van der Waals surface area contributed by atoms with Crippen molar-refractivity contribution in [3.63, 3.8) is 0 Å². The van der Waals surface area contributed by atoms with Gasteiger partial charge in [-0.3, -0.25) is 9.59 Å². The molecule has 0 saturated carbocycles. The van der Waals surface area contributed by atoms with Gasteiger partial charge >= 0.3 is 5.97 Å². The van der Waals surface area contributed by atoms with Gasteiger partial charge in [0.2, 0.25) is 0 Å². The Morgan fingerprint density at radius 3 is 2.53 bits per heavy atom. The quantitative estimate of drug-likeness (QED) is 0.884. The summed E-state index contributed by atoms with van der Waals surface area (Å²) in [4.78, 5) is 23.1. The van der Waals surface area contributed by atoms with Crippen LogP contribution in [-0.2, 0) is 9.53 Å². The minimum Gasteiger partial charge on any atom is -0.468 e. The summed E-state index contributed by atoms with van der Waals surface area (Å²) in [7, 11) is 1.28. The van der Waals surface area contributed by atoms with Crippen LogP contribution >= 0.6 is 15.9 Å². The van der Waals surface area contributed by atoms with Gasteiger partial charge in [0, 0.05) is 10.0 Å². The van der Waals surface area contributed by atoms with Crippen LogP contribution in [0.5, 0.6) is 0 Å². The third-order valence-corrected chi connectivity index (χ3v) is 3.43. The molecule has 19 heavy (non-hydrogen) atoms. The molecule has 2 aromatic rings. The molecule has 0 aliphatic heterocycles. The second-order valence-electron chi connectivity index (χ2n) is 3.90. The van der Waals surface area contributed by atoms with Crippen LogP contribution in [0.2, 0.25) is 0 Å². The largest absolute Gasteiger partial charge is 0.468 e. The Kier molecular flexibility index (Phi) is 4.16. The van der Waals surface area contributed by atoms with Crippen molar-refractivity contribution in [3.05, 3.63) is 46.4 Å². The van der Waals surface area contributed by atoms with Crippen molar-refractivity contribution in [2.24, 2.45) is 0 Å². The van der Waals surface area contributed by atoms with E-state index >= 15 is 0 Å². The molecule has 0 aromatic heterocycles. The topological polar surface area (TPSA) is 55.4 Å². The summed E-state index contributed by atoms with van der Waals surface area (Å²) in [6.45, 7) is -0.139. The number of fused-ring (bicyclic) bond motifs is 1. The lowest BCUT2D eigenvalue weighted by molar-refractivity contribution is -0.139. The molecule has 0 bridgehead atoms. The average Bonchev–Trinajstić information content (AvgIpc) is 2.45. The van der Waals surface area contributed by atoms with Crippen molar-refractivity contribution in [3.8, 4) is 0 Å². The molecule has 0 aliphatic rings. The Morgan fingerprint density at radius 2 is 1.84 bits per heavy atom. The maximum absolute atomic E-state index is 12.1. The van der Waals surface area contributed by atoms with Gasteiger partial charge in [0.15, 0.2) is 0 Å². The van der Waals surface area contributed by atoms with E-state index in [1.165, 1.54) is 7.11 Å². The van der Waals surface area contributed by atoms with E-state index in [1.54, 1.807) is 6.07 Å². The molecule has 98 valence electrons. The van der Waals surface area contributed by atoms with Crippen LogP contribution in [0.1, 0.15) is 10.4 Å². The second-order valence-corrected chi connectivity index (χ2v) is 4.75. The molecule has 2 aromatic carbocycles. The molecule has 0 aliphatic carbocycles. The zero-order valence-electron chi connectivity index (χ0n) is 10.3. The molecule has 0 fully saturated rings. The highest BCUT2D eigenvalue weighted by Crippen LogP contribution is 2.26. The summed E-state index contributed by atoms with van der Waals surface area (Å²) in [6.07, 6.45) is 0. The number of methoxy groups -OCH3 is 1. The number of esters is 1. The number of carbonyl (C=O) groups excluding carboxylic acids is 2. The average molecular weight is 322 g/mol. The summed E-state index contributed by atoms with van der Waals surface area (Å²) >= 11 is 3.45. The highest BCUT2D eigenvalue weighted by molar-refractivity contribution is 9.10. The van der Waals surface area contributed by atoms with Crippen molar-refractivity contribution >= 4 is 38.6 Å². The van der Waals surface area contributed by atoms with Gasteiger partial charge in [0.05, 0.1) is 7.11 Å². The number of hydrogen-bond donors (Lipinski definition) is 1. The third-order valence-electron chi connectivity index (χ3n) is 2.74. The lowest BCUT2D eigenvalue weighted by Gasteiger charge is -2.08. The number of hydrogen-bond acceptors (Lipinski definition) is 3. The van der Waals surface area contributed by atoms with Crippen molar-refractivity contribution in [1.29, 1.82) is 0 Å². The summed E-state index contributed by atoms with van der Waals surface area (Å²) in [6, 6.07) is 11.1. The van der Waals surface area contributed by atoms with Crippen LogP contribution in [0.15, 0.2) is 40.9 Å². The minimum atomic E-state index is -0.477. The first-order chi connectivity index (χ1) is 9.13. The van der Waals surface area contributed by atoms with Gasteiger partial charge in [-0.25, -0.2) is 0 Å². The van der Waals surface area contributed by atoms with Gasteiger partial charge in [-0.15, -0.1) is 0 Å². The summed E-state index contributed by atoms with van der Waals surface area (Å²) in [5.74, 6) is -0.774. The Balaban J connectivity index is 2.32. The summed E-state index contributed by atoms with van der Waals surface area (Å²) in [5, 5.41) is 4.32. The van der Waals surface area contributed by atoms with Crippen LogP contribution < -0.4 is 5.32 Å². The van der Waals surface area contributed by atoms with E-state index in [-0.39, 0.29) is 12.5 Å². The van der Waals surface area contributed by atoms with E-state index in [0.29, 0.717) is 5.56 Å². The van der Waals surface area contributed by atoms with Gasteiger partial charge in [-0.2, -0.15) is 0 Å². The van der Waals surface area contributed by atoms with E-state index in [4.69, 9.17) is 0 Å². The van der Waals surface area contributed by atoms with E-state index in [9.17, 15) is 9.59 Å². The molecule has 0 unspecified atom stereocenters. The van der Waals surface area contributed by atoms with Gasteiger partial charge in [-0.05, 0) is 22.9 Å². The standard InChI is InChI=1S/C14H12BrNO3/c1-19-13(17)8-16-14(18)11-6-7-12(15)10-5-3-2-4-9(10)11/h2-7H,8H2,1H3,(H,16,18). The first-order valence-corrected chi connectivity index (χ1v) is 6.45. The fourth-order valence-corrected chi connectivity index (χ4v) is 2.26. The maximum Gasteiger partial charge on any atom is 0.325 e. The molecule has 0 atom stereocenters. The first kappa shape index (κ1) is 13.5. The fourth-order valence-electron chi connectivity index (χ4n) is 1.78. The number of amides is 1. The van der Waals surface area contributed by atoms with Gasteiger partial charge in [-0.1, -0.05) is 40.2 Å². The number of rotatable bonds is 3. The molecule has 1 amide bonds. The molecule has 2 rings (SSSR count). The lowest BCUT2D eigenvalue weighted by atomic mass is 10.0. The van der Waals surface area contributed by atoms with Crippen LogP contribution in [0.4, 0.5) is 0 Å². The highest BCUT2D eigenvalue weighted by Gasteiger charge is 2.12. The van der Waals surface area contributed by atoms with Crippen molar-refractivity contribution in [1.82, 2.24) is 5.32 Å². The van der Waals surface area contributed by atoms with Crippen molar-refractivity contribution < 1.29 is 14.3 Å². The second kappa shape index (κ2) is 5.84. The van der Waals surface area contributed by atoms with Crippen molar-refractivity contribution in [2.45, 2.75) is 0 Å². The van der Waals surface area contributed by atoms with E-state index < -0.39 is 5.97 Å². The number of halogens is 1. The third kappa shape index (κ3) is 2.93. The molecule has 0 spiro atoms. The van der Waals surface area contributed by atoms with E-state index in [2.05, 4.69) is 26.0 Å². The Bertz CT molecular complexity index is 640. The van der Waals surface area contributed by atoms with E-state index in [0.717, 1.165) is 15.2 Å². The number of benzene rings is 2.